The maximum atomic E-state index is 12.5. The number of carbonyl (C=O) groups excluding carboxylic acids is 1. The third-order valence-corrected chi connectivity index (χ3v) is 3.84. The molecule has 1 aromatic carbocycles. The average Bonchev–Trinajstić information content (AvgIpc) is 2.90. The maximum absolute atomic E-state index is 12.5. The Morgan fingerprint density at radius 2 is 2.05 bits per heavy atom. The highest BCUT2D eigenvalue weighted by Crippen LogP contribution is 2.22. The normalized spacial score (nSPS) is 16.1. The van der Waals surface area contributed by atoms with Gasteiger partial charge in [-0.1, -0.05) is 11.6 Å². The molecule has 1 fully saturated rings. The average molecular weight is 283 g/mol. The van der Waals surface area contributed by atoms with Crippen molar-refractivity contribution in [2.24, 2.45) is 0 Å². The van der Waals surface area contributed by atoms with Gasteiger partial charge in [0.25, 0.3) is 5.91 Å². The molecule has 1 saturated heterocycles. The minimum atomic E-state index is -0.0690. The fourth-order valence-corrected chi connectivity index (χ4v) is 2.63. The van der Waals surface area contributed by atoms with Gasteiger partial charge in [-0.3, -0.25) is 9.69 Å². The van der Waals surface area contributed by atoms with Gasteiger partial charge in [-0.2, -0.15) is 5.26 Å². The molecule has 108 valence electrons. The molecule has 1 aliphatic rings. The number of furan rings is 1. The number of fused-ring (bicyclic) bond motifs is 1. The zero-order chi connectivity index (χ0) is 14.8. The molecule has 21 heavy (non-hydrogen) atoms. The molecule has 1 aromatic heterocycles. The lowest BCUT2D eigenvalue weighted by atomic mass is 10.2. The molecule has 0 bridgehead atoms. The number of nitriles is 1. The van der Waals surface area contributed by atoms with Gasteiger partial charge in [0, 0.05) is 31.6 Å². The fourth-order valence-electron chi connectivity index (χ4n) is 2.63. The Hall–Kier alpha value is -2.32. The molecule has 5 heteroatoms. The lowest BCUT2D eigenvalue weighted by Gasteiger charge is -2.32. The fraction of sp³-hybridized carbons (Fsp3) is 0.375. The van der Waals surface area contributed by atoms with Gasteiger partial charge in [0.05, 0.1) is 12.6 Å². The summed E-state index contributed by atoms with van der Waals surface area (Å²) >= 11 is 0. The van der Waals surface area contributed by atoms with E-state index in [1.165, 1.54) is 0 Å². The van der Waals surface area contributed by atoms with Gasteiger partial charge in [-0.05, 0) is 25.1 Å². The first-order valence-electron chi connectivity index (χ1n) is 7.06. The molecule has 0 saturated carbocycles. The van der Waals surface area contributed by atoms with Gasteiger partial charge in [-0.25, -0.2) is 0 Å². The van der Waals surface area contributed by atoms with E-state index in [1.54, 1.807) is 4.90 Å². The molecule has 0 radical (unpaired) electrons. The van der Waals surface area contributed by atoms with Crippen LogP contribution < -0.4 is 0 Å². The molecular weight excluding hydrogens is 266 g/mol. The van der Waals surface area contributed by atoms with Crippen molar-refractivity contribution in [1.82, 2.24) is 9.80 Å². The van der Waals surface area contributed by atoms with Crippen LogP contribution in [0.25, 0.3) is 11.0 Å². The Labute approximate surface area is 123 Å². The standard InChI is InChI=1S/C16H17N3O2/c1-12-2-3-14-13(10-12)11-15(21-14)16(20)19-8-6-18(5-4-17)7-9-19/h2-3,10-11H,5-9H2,1H3. The summed E-state index contributed by atoms with van der Waals surface area (Å²) in [5.41, 5.74) is 1.89. The molecule has 0 spiro atoms. The second-order valence-electron chi connectivity index (χ2n) is 5.38. The first kappa shape index (κ1) is 13.7. The van der Waals surface area contributed by atoms with Crippen LogP contribution >= 0.6 is 0 Å². The molecule has 0 aliphatic carbocycles. The molecule has 2 aromatic rings. The molecule has 1 amide bonds. The van der Waals surface area contributed by atoms with E-state index < -0.39 is 0 Å². The lowest BCUT2D eigenvalue weighted by Crippen LogP contribution is -2.48. The van der Waals surface area contributed by atoms with Crippen molar-refractivity contribution >= 4 is 16.9 Å². The summed E-state index contributed by atoms with van der Waals surface area (Å²) in [4.78, 5) is 16.3. The van der Waals surface area contributed by atoms with Crippen LogP contribution in [0.5, 0.6) is 0 Å². The Morgan fingerprint density at radius 1 is 1.29 bits per heavy atom. The zero-order valence-corrected chi connectivity index (χ0v) is 12.0. The van der Waals surface area contributed by atoms with Crippen molar-refractivity contribution in [2.75, 3.05) is 32.7 Å². The number of piperazine rings is 1. The summed E-state index contributed by atoms with van der Waals surface area (Å²) in [6.45, 7) is 5.18. The van der Waals surface area contributed by atoms with Crippen molar-refractivity contribution in [3.8, 4) is 6.07 Å². The van der Waals surface area contributed by atoms with Crippen LogP contribution in [-0.4, -0.2) is 48.4 Å². The minimum Gasteiger partial charge on any atom is -0.451 e. The van der Waals surface area contributed by atoms with Crippen molar-refractivity contribution in [3.05, 3.63) is 35.6 Å². The predicted molar refractivity (Wildman–Crippen MR) is 78.9 cm³/mol. The zero-order valence-electron chi connectivity index (χ0n) is 12.0. The largest absolute Gasteiger partial charge is 0.451 e. The van der Waals surface area contributed by atoms with Crippen molar-refractivity contribution in [3.63, 3.8) is 0 Å². The van der Waals surface area contributed by atoms with E-state index in [4.69, 9.17) is 9.68 Å². The second kappa shape index (κ2) is 5.58. The monoisotopic (exact) mass is 283 g/mol. The molecule has 0 unspecified atom stereocenters. The summed E-state index contributed by atoms with van der Waals surface area (Å²) in [5.74, 6) is 0.324. The van der Waals surface area contributed by atoms with Crippen LogP contribution in [0, 0.1) is 18.3 Å². The van der Waals surface area contributed by atoms with E-state index in [-0.39, 0.29) is 5.91 Å². The number of rotatable bonds is 2. The van der Waals surface area contributed by atoms with E-state index in [2.05, 4.69) is 6.07 Å². The van der Waals surface area contributed by atoms with E-state index in [9.17, 15) is 4.79 Å². The van der Waals surface area contributed by atoms with Crippen molar-refractivity contribution in [2.45, 2.75) is 6.92 Å². The molecule has 2 heterocycles. The minimum absolute atomic E-state index is 0.0690. The van der Waals surface area contributed by atoms with Gasteiger partial charge < -0.3 is 9.32 Å². The van der Waals surface area contributed by atoms with Gasteiger partial charge in [0.15, 0.2) is 5.76 Å². The van der Waals surface area contributed by atoms with E-state index >= 15 is 0 Å². The number of hydrogen-bond acceptors (Lipinski definition) is 4. The summed E-state index contributed by atoms with van der Waals surface area (Å²) in [7, 11) is 0. The summed E-state index contributed by atoms with van der Waals surface area (Å²) in [5, 5.41) is 9.65. The Balaban J connectivity index is 1.74. The molecule has 5 nitrogen and oxygen atoms in total. The summed E-state index contributed by atoms with van der Waals surface area (Å²) < 4.78 is 5.66. The number of carbonyl (C=O) groups is 1. The SMILES string of the molecule is Cc1ccc2oc(C(=O)N3CCN(CC#N)CC3)cc2c1. The van der Waals surface area contributed by atoms with Gasteiger partial charge in [0.1, 0.15) is 5.58 Å². The highest BCUT2D eigenvalue weighted by molar-refractivity contribution is 5.96. The van der Waals surface area contributed by atoms with Gasteiger partial charge >= 0.3 is 0 Å². The highest BCUT2D eigenvalue weighted by Gasteiger charge is 2.24. The summed E-state index contributed by atoms with van der Waals surface area (Å²) in [6, 6.07) is 9.83. The molecule has 0 atom stereocenters. The number of aryl methyl sites for hydroxylation is 1. The Morgan fingerprint density at radius 3 is 2.76 bits per heavy atom. The van der Waals surface area contributed by atoms with Crippen LogP contribution in [0.1, 0.15) is 16.1 Å². The van der Waals surface area contributed by atoms with Crippen molar-refractivity contribution in [1.29, 1.82) is 5.26 Å². The van der Waals surface area contributed by atoms with Crippen LogP contribution in [0.3, 0.4) is 0 Å². The second-order valence-corrected chi connectivity index (χ2v) is 5.38. The first-order valence-corrected chi connectivity index (χ1v) is 7.06. The molecule has 3 rings (SSSR count). The van der Waals surface area contributed by atoms with E-state index in [1.807, 2.05) is 36.1 Å². The lowest BCUT2D eigenvalue weighted by molar-refractivity contribution is 0.0623. The smallest absolute Gasteiger partial charge is 0.289 e. The van der Waals surface area contributed by atoms with Crippen LogP contribution in [-0.2, 0) is 0 Å². The highest BCUT2D eigenvalue weighted by atomic mass is 16.3. The van der Waals surface area contributed by atoms with Crippen LogP contribution in [0.2, 0.25) is 0 Å². The van der Waals surface area contributed by atoms with Gasteiger partial charge in [0.2, 0.25) is 0 Å². The third-order valence-electron chi connectivity index (χ3n) is 3.84. The Bertz CT molecular complexity index is 706. The number of nitrogens with zero attached hydrogens (tertiary/aromatic N) is 3. The number of hydrogen-bond donors (Lipinski definition) is 0. The van der Waals surface area contributed by atoms with Gasteiger partial charge in [-0.15, -0.1) is 0 Å². The molecule has 1 aliphatic heterocycles. The number of amides is 1. The number of benzene rings is 1. The topological polar surface area (TPSA) is 60.5 Å². The summed E-state index contributed by atoms with van der Waals surface area (Å²) in [6.07, 6.45) is 0. The van der Waals surface area contributed by atoms with Crippen LogP contribution in [0.15, 0.2) is 28.7 Å². The maximum Gasteiger partial charge on any atom is 0.289 e. The third kappa shape index (κ3) is 2.76. The predicted octanol–water partition coefficient (Wildman–Crippen LogP) is 2.02. The Kier molecular flexibility index (Phi) is 3.63. The molecular formula is C16H17N3O2. The van der Waals surface area contributed by atoms with Crippen LogP contribution in [0.4, 0.5) is 0 Å². The first-order chi connectivity index (χ1) is 10.2. The van der Waals surface area contributed by atoms with E-state index in [0.29, 0.717) is 25.4 Å². The molecule has 0 N–H and O–H groups in total. The van der Waals surface area contributed by atoms with E-state index in [0.717, 1.165) is 29.6 Å². The quantitative estimate of drug-likeness (QED) is 0.791. The van der Waals surface area contributed by atoms with Crippen molar-refractivity contribution < 1.29 is 9.21 Å².